The topological polar surface area (TPSA) is 91.1 Å². The molecule has 2 aromatic heterocycles. The molecule has 0 N–H and O–H groups in total. The van der Waals surface area contributed by atoms with Crippen LogP contribution in [0.4, 0.5) is 8.78 Å². The van der Waals surface area contributed by atoms with Crippen molar-refractivity contribution >= 4 is 54.2 Å². The molecule has 0 saturated carbocycles. The Bertz CT molecular complexity index is 1730. The van der Waals surface area contributed by atoms with Gasteiger partial charge in [0.1, 0.15) is 17.2 Å². The number of carbonyl (C=O) groups excluding carboxylic acids is 1. The van der Waals surface area contributed by atoms with Crippen LogP contribution in [0.5, 0.6) is 0 Å². The molecule has 2 heterocycles. The van der Waals surface area contributed by atoms with Gasteiger partial charge in [-0.05, 0) is 73.0 Å². The van der Waals surface area contributed by atoms with Gasteiger partial charge >= 0.3 is 5.97 Å². The van der Waals surface area contributed by atoms with E-state index < -0.39 is 39.0 Å². The number of nitrogens with zero attached hydrogens (tertiary/aromatic N) is 3. The van der Waals surface area contributed by atoms with E-state index in [0.717, 1.165) is 12.3 Å². The molecule has 1 atom stereocenters. The van der Waals surface area contributed by atoms with Crippen molar-refractivity contribution in [2.45, 2.75) is 50.9 Å². The zero-order valence-corrected chi connectivity index (χ0v) is 26.3. The molecular formula is C29H29BrClF2N3O4S. The normalized spacial score (nSPS) is 13.0. The zero-order chi connectivity index (χ0) is 30.3. The molecule has 0 amide bonds. The first-order chi connectivity index (χ1) is 19.0. The number of hydrogen-bond acceptors (Lipinski definition) is 6. The molecule has 218 valence electrons. The number of hydrogen-bond donors (Lipinski definition) is 0. The molecule has 0 bridgehead atoms. The highest BCUT2D eigenvalue weighted by atomic mass is 79.9. The van der Waals surface area contributed by atoms with Crippen LogP contribution in [0.2, 0.25) is 5.02 Å². The Labute approximate surface area is 250 Å². The summed E-state index contributed by atoms with van der Waals surface area (Å²) in [4.78, 5) is 17.7. The lowest BCUT2D eigenvalue weighted by Crippen LogP contribution is -2.25. The molecular weight excluding hydrogens is 640 g/mol. The van der Waals surface area contributed by atoms with Crippen LogP contribution in [0.1, 0.15) is 50.1 Å². The molecule has 0 aliphatic carbocycles. The molecule has 0 fully saturated rings. The van der Waals surface area contributed by atoms with Crippen LogP contribution >= 0.6 is 27.5 Å². The number of ether oxygens (including phenoxy) is 1. The first-order valence-corrected chi connectivity index (χ1v) is 15.9. The van der Waals surface area contributed by atoms with E-state index in [4.69, 9.17) is 16.3 Å². The fourth-order valence-corrected chi connectivity index (χ4v) is 6.17. The predicted octanol–water partition coefficient (Wildman–Crippen LogP) is 6.93. The lowest BCUT2D eigenvalue weighted by molar-refractivity contribution is -0.155. The number of fused-ring (bicyclic) bond motifs is 1. The van der Waals surface area contributed by atoms with Crippen molar-refractivity contribution in [1.29, 1.82) is 0 Å². The molecule has 4 aromatic rings. The number of rotatable bonds is 8. The summed E-state index contributed by atoms with van der Waals surface area (Å²) in [6, 6.07) is 8.49. The van der Waals surface area contributed by atoms with Crippen molar-refractivity contribution in [3.05, 3.63) is 80.7 Å². The van der Waals surface area contributed by atoms with E-state index in [1.807, 2.05) is 6.07 Å². The third kappa shape index (κ3) is 7.69. The fraction of sp³-hybridized carbons (Fsp3) is 0.345. The van der Waals surface area contributed by atoms with Gasteiger partial charge in [-0.3, -0.25) is 14.5 Å². The van der Waals surface area contributed by atoms with Gasteiger partial charge in [0.15, 0.2) is 9.84 Å². The van der Waals surface area contributed by atoms with Gasteiger partial charge < -0.3 is 4.74 Å². The quantitative estimate of drug-likeness (QED) is 0.189. The van der Waals surface area contributed by atoms with Crippen LogP contribution in [-0.4, -0.2) is 41.0 Å². The Hall–Kier alpha value is -2.89. The first kappa shape index (κ1) is 31.1. The Balaban J connectivity index is 1.92. The number of aromatic nitrogens is 3. The molecule has 0 aliphatic rings. The minimum atomic E-state index is -3.42. The lowest BCUT2D eigenvalue weighted by atomic mass is 9.87. The van der Waals surface area contributed by atoms with Crippen molar-refractivity contribution in [1.82, 2.24) is 14.8 Å². The number of esters is 1. The lowest BCUT2D eigenvalue weighted by Gasteiger charge is -2.24. The van der Waals surface area contributed by atoms with Crippen LogP contribution in [0.15, 0.2) is 47.1 Å². The second-order valence-corrected chi connectivity index (χ2v) is 14.5. The Kier molecular flexibility index (Phi) is 8.92. The fourth-order valence-electron chi connectivity index (χ4n) is 4.88. The van der Waals surface area contributed by atoms with Crippen LogP contribution in [-0.2, 0) is 38.6 Å². The van der Waals surface area contributed by atoms with Gasteiger partial charge in [0.2, 0.25) is 0 Å². The summed E-state index contributed by atoms with van der Waals surface area (Å²) in [5.74, 6) is -2.89. The van der Waals surface area contributed by atoms with Crippen molar-refractivity contribution in [3.63, 3.8) is 0 Å². The molecule has 0 aliphatic heterocycles. The number of sulfone groups is 1. The summed E-state index contributed by atoms with van der Waals surface area (Å²) in [5, 5.41) is 5.28. The number of pyridine rings is 1. The molecule has 0 spiro atoms. The summed E-state index contributed by atoms with van der Waals surface area (Å²) in [5.41, 5.74) is 2.23. The SMILES string of the molecule is Cn1nc(CS(C)(=O)=O)c2c(Cl)ccc(-c3cc(Br)cnc3[C@@H](CC(=O)OC(C)(C)C)Cc3cc(F)cc(F)c3)c21. The van der Waals surface area contributed by atoms with Gasteiger partial charge in [0.25, 0.3) is 0 Å². The summed E-state index contributed by atoms with van der Waals surface area (Å²) in [6.45, 7) is 5.27. The Morgan fingerprint density at radius 2 is 1.78 bits per heavy atom. The van der Waals surface area contributed by atoms with Gasteiger partial charge in [-0.1, -0.05) is 17.7 Å². The molecule has 12 heteroatoms. The van der Waals surface area contributed by atoms with Crippen molar-refractivity contribution in [2.24, 2.45) is 7.05 Å². The maximum Gasteiger partial charge on any atom is 0.306 e. The standard InChI is InChI=1S/C29H29BrClF2N3O4S/c1-29(2,3)40-25(37)11-17(8-16-9-19(32)13-20(33)10-16)27-22(12-18(30)14-34-27)21-6-7-23(31)26-24(15-41(5,38)39)35-36(4)28(21)26/h6-7,9-10,12-14,17H,8,11,15H2,1-5H3/t17-/m1/s1. The van der Waals surface area contributed by atoms with E-state index in [1.165, 1.54) is 12.1 Å². The second-order valence-electron chi connectivity index (χ2n) is 11.0. The van der Waals surface area contributed by atoms with Crippen molar-refractivity contribution < 1.29 is 26.7 Å². The first-order valence-electron chi connectivity index (χ1n) is 12.6. The maximum absolute atomic E-state index is 14.1. The molecule has 0 unspecified atom stereocenters. The highest BCUT2D eigenvalue weighted by Gasteiger charge is 2.28. The number of aryl methyl sites for hydroxylation is 1. The van der Waals surface area contributed by atoms with Crippen LogP contribution in [0.25, 0.3) is 22.0 Å². The van der Waals surface area contributed by atoms with E-state index in [9.17, 15) is 22.0 Å². The highest BCUT2D eigenvalue weighted by Crippen LogP contribution is 2.40. The molecule has 0 radical (unpaired) electrons. The van der Waals surface area contributed by atoms with Gasteiger partial charge in [-0.15, -0.1) is 0 Å². The third-order valence-corrected chi connectivity index (χ3v) is 7.75. The average Bonchev–Trinajstić information content (AvgIpc) is 3.12. The van der Waals surface area contributed by atoms with Gasteiger partial charge in [-0.2, -0.15) is 5.10 Å². The minimum absolute atomic E-state index is 0.0942. The Morgan fingerprint density at radius 3 is 2.39 bits per heavy atom. The van der Waals surface area contributed by atoms with Gasteiger partial charge in [0.05, 0.1) is 34.1 Å². The highest BCUT2D eigenvalue weighted by molar-refractivity contribution is 9.10. The number of benzene rings is 2. The number of halogens is 4. The van der Waals surface area contributed by atoms with Gasteiger partial charge in [-0.25, -0.2) is 17.2 Å². The average molecular weight is 669 g/mol. The molecule has 2 aromatic carbocycles. The summed E-state index contributed by atoms with van der Waals surface area (Å²) >= 11 is 10.0. The van der Waals surface area contributed by atoms with E-state index >= 15 is 0 Å². The third-order valence-electron chi connectivity index (χ3n) is 6.21. The van der Waals surface area contributed by atoms with E-state index in [2.05, 4.69) is 26.0 Å². The smallest absolute Gasteiger partial charge is 0.306 e. The van der Waals surface area contributed by atoms with Gasteiger partial charge in [0, 0.05) is 52.5 Å². The molecule has 0 saturated heterocycles. The largest absolute Gasteiger partial charge is 0.460 e. The monoisotopic (exact) mass is 667 g/mol. The van der Waals surface area contributed by atoms with E-state index in [0.29, 0.717) is 48.5 Å². The second kappa shape index (κ2) is 11.8. The van der Waals surface area contributed by atoms with Crippen LogP contribution in [0, 0.1) is 11.6 Å². The summed E-state index contributed by atoms with van der Waals surface area (Å²) < 4.78 is 60.3. The van der Waals surface area contributed by atoms with Crippen LogP contribution < -0.4 is 0 Å². The molecule has 4 rings (SSSR count). The number of carbonyl (C=O) groups is 1. The molecule has 7 nitrogen and oxygen atoms in total. The molecule has 41 heavy (non-hydrogen) atoms. The summed E-state index contributed by atoms with van der Waals surface area (Å²) in [7, 11) is -1.73. The zero-order valence-electron chi connectivity index (χ0n) is 23.1. The van der Waals surface area contributed by atoms with Crippen molar-refractivity contribution in [3.8, 4) is 11.1 Å². The summed E-state index contributed by atoms with van der Waals surface area (Å²) in [6.07, 6.45) is 2.69. The van der Waals surface area contributed by atoms with Crippen molar-refractivity contribution in [2.75, 3.05) is 6.26 Å². The maximum atomic E-state index is 14.1. The predicted molar refractivity (Wildman–Crippen MR) is 158 cm³/mol. The van der Waals surface area contributed by atoms with E-state index in [1.54, 1.807) is 50.8 Å². The van der Waals surface area contributed by atoms with Crippen LogP contribution in [0.3, 0.4) is 0 Å². The van der Waals surface area contributed by atoms with E-state index in [-0.39, 0.29) is 18.6 Å². The Morgan fingerprint density at radius 1 is 1.12 bits per heavy atom. The minimum Gasteiger partial charge on any atom is -0.460 e.